The number of alkyl carbamates (subject to hydrolysis) is 1. The molecule has 0 rings (SSSR count). The molecule has 0 radical (unpaired) electrons. The SMILES string of the molecule is CC(C)C(C)(C)C(C=O)NC(=O)OC(C)(C)C. The molecule has 0 heterocycles. The van der Waals surface area contributed by atoms with Crippen LogP contribution in [0.2, 0.25) is 0 Å². The van der Waals surface area contributed by atoms with Gasteiger partial charge in [0, 0.05) is 0 Å². The first-order valence-electron chi connectivity index (χ1n) is 5.95. The van der Waals surface area contributed by atoms with E-state index in [2.05, 4.69) is 5.32 Å². The minimum absolute atomic E-state index is 0.271. The zero-order valence-corrected chi connectivity index (χ0v) is 12.0. The lowest BCUT2D eigenvalue weighted by Gasteiger charge is -2.35. The van der Waals surface area contributed by atoms with Crippen LogP contribution in [-0.2, 0) is 9.53 Å². The maximum atomic E-state index is 11.6. The smallest absolute Gasteiger partial charge is 0.408 e. The van der Waals surface area contributed by atoms with Gasteiger partial charge in [-0.3, -0.25) is 0 Å². The number of carbonyl (C=O) groups is 2. The van der Waals surface area contributed by atoms with E-state index in [1.807, 2.05) is 27.7 Å². The highest BCUT2D eigenvalue weighted by molar-refractivity contribution is 5.74. The predicted octanol–water partition coefficient (Wildman–Crippen LogP) is 2.76. The van der Waals surface area contributed by atoms with Gasteiger partial charge < -0.3 is 14.8 Å². The summed E-state index contributed by atoms with van der Waals surface area (Å²) >= 11 is 0. The zero-order chi connectivity index (χ0) is 13.9. The van der Waals surface area contributed by atoms with Gasteiger partial charge >= 0.3 is 6.09 Å². The third kappa shape index (κ3) is 5.20. The van der Waals surface area contributed by atoms with Crippen molar-refractivity contribution in [2.75, 3.05) is 0 Å². The number of hydrogen-bond acceptors (Lipinski definition) is 3. The Hall–Kier alpha value is -1.06. The maximum absolute atomic E-state index is 11.6. The molecule has 0 saturated carbocycles. The van der Waals surface area contributed by atoms with Crippen molar-refractivity contribution in [3.8, 4) is 0 Å². The number of ether oxygens (including phenoxy) is 1. The molecule has 0 aliphatic heterocycles. The summed E-state index contributed by atoms with van der Waals surface area (Å²) in [6, 6.07) is -0.544. The van der Waals surface area contributed by atoms with Crippen LogP contribution in [0.1, 0.15) is 48.5 Å². The predicted molar refractivity (Wildman–Crippen MR) is 67.8 cm³/mol. The molecule has 1 amide bonds. The Bertz CT molecular complexity index is 277. The first-order valence-corrected chi connectivity index (χ1v) is 5.95. The largest absolute Gasteiger partial charge is 0.444 e. The average Bonchev–Trinajstić information content (AvgIpc) is 2.10. The minimum Gasteiger partial charge on any atom is -0.444 e. The van der Waals surface area contributed by atoms with Crippen molar-refractivity contribution in [1.29, 1.82) is 0 Å². The average molecular weight is 243 g/mol. The van der Waals surface area contributed by atoms with E-state index < -0.39 is 17.7 Å². The number of amides is 1. The van der Waals surface area contributed by atoms with Gasteiger partial charge in [0.15, 0.2) is 0 Å². The molecule has 100 valence electrons. The van der Waals surface area contributed by atoms with Crippen LogP contribution in [-0.4, -0.2) is 24.0 Å². The topological polar surface area (TPSA) is 55.4 Å². The summed E-state index contributed by atoms with van der Waals surface area (Å²) in [7, 11) is 0. The van der Waals surface area contributed by atoms with Crippen molar-refractivity contribution in [1.82, 2.24) is 5.32 Å². The first kappa shape index (κ1) is 15.9. The maximum Gasteiger partial charge on any atom is 0.408 e. The van der Waals surface area contributed by atoms with E-state index in [-0.39, 0.29) is 11.3 Å². The molecule has 0 fully saturated rings. The van der Waals surface area contributed by atoms with E-state index >= 15 is 0 Å². The molecule has 1 atom stereocenters. The lowest BCUT2D eigenvalue weighted by Crippen LogP contribution is -2.49. The Morgan fingerprint density at radius 1 is 1.18 bits per heavy atom. The summed E-state index contributed by atoms with van der Waals surface area (Å²) in [5.74, 6) is 0.271. The van der Waals surface area contributed by atoms with E-state index in [0.29, 0.717) is 0 Å². The lowest BCUT2D eigenvalue weighted by atomic mass is 9.75. The summed E-state index contributed by atoms with van der Waals surface area (Å²) in [6.45, 7) is 13.3. The molecule has 0 spiro atoms. The Labute approximate surface area is 104 Å². The van der Waals surface area contributed by atoms with E-state index in [9.17, 15) is 9.59 Å². The van der Waals surface area contributed by atoms with Gasteiger partial charge in [-0.2, -0.15) is 0 Å². The molecule has 0 aliphatic rings. The molecule has 1 N–H and O–H groups in total. The third-order valence-electron chi connectivity index (χ3n) is 3.10. The van der Waals surface area contributed by atoms with Crippen molar-refractivity contribution in [3.05, 3.63) is 0 Å². The van der Waals surface area contributed by atoms with Gasteiger partial charge in [-0.05, 0) is 32.1 Å². The van der Waals surface area contributed by atoms with Crippen LogP contribution in [0.25, 0.3) is 0 Å². The second kappa shape index (κ2) is 5.52. The number of rotatable bonds is 4. The quantitative estimate of drug-likeness (QED) is 0.772. The first-order chi connectivity index (χ1) is 7.50. The fraction of sp³-hybridized carbons (Fsp3) is 0.846. The zero-order valence-electron chi connectivity index (χ0n) is 12.0. The Kier molecular flexibility index (Phi) is 5.17. The molecule has 4 heteroatoms. The fourth-order valence-electron chi connectivity index (χ4n) is 1.19. The second-order valence-corrected chi connectivity index (χ2v) is 6.24. The molecular weight excluding hydrogens is 218 g/mol. The second-order valence-electron chi connectivity index (χ2n) is 6.24. The monoisotopic (exact) mass is 243 g/mol. The molecule has 0 aromatic rings. The van der Waals surface area contributed by atoms with Crippen LogP contribution in [0.3, 0.4) is 0 Å². The number of hydrogen-bond donors (Lipinski definition) is 1. The highest BCUT2D eigenvalue weighted by Gasteiger charge is 2.34. The molecule has 0 aliphatic carbocycles. The Morgan fingerprint density at radius 2 is 1.65 bits per heavy atom. The molecule has 0 bridgehead atoms. The van der Waals surface area contributed by atoms with Crippen molar-refractivity contribution in [2.24, 2.45) is 11.3 Å². The number of aldehydes is 1. The summed E-state index contributed by atoms with van der Waals surface area (Å²) in [4.78, 5) is 22.7. The van der Waals surface area contributed by atoms with Crippen LogP contribution in [0, 0.1) is 11.3 Å². The van der Waals surface area contributed by atoms with Crippen LogP contribution >= 0.6 is 0 Å². The van der Waals surface area contributed by atoms with E-state index in [0.717, 1.165) is 6.29 Å². The molecular formula is C13H25NO3. The van der Waals surface area contributed by atoms with E-state index in [4.69, 9.17) is 4.74 Å². The van der Waals surface area contributed by atoms with Gasteiger partial charge in [-0.1, -0.05) is 27.7 Å². The number of carbonyl (C=O) groups excluding carboxylic acids is 2. The van der Waals surface area contributed by atoms with Gasteiger partial charge in [0.2, 0.25) is 0 Å². The number of nitrogens with one attached hydrogen (secondary N) is 1. The van der Waals surface area contributed by atoms with E-state index in [1.165, 1.54) is 0 Å². The normalized spacial score (nSPS) is 14.4. The highest BCUT2D eigenvalue weighted by atomic mass is 16.6. The van der Waals surface area contributed by atoms with Crippen LogP contribution in [0.4, 0.5) is 4.79 Å². The molecule has 0 aromatic carbocycles. The van der Waals surface area contributed by atoms with Crippen LogP contribution in [0.15, 0.2) is 0 Å². The van der Waals surface area contributed by atoms with Crippen LogP contribution < -0.4 is 5.32 Å². The fourth-order valence-corrected chi connectivity index (χ4v) is 1.19. The van der Waals surface area contributed by atoms with Crippen molar-refractivity contribution in [3.63, 3.8) is 0 Å². The third-order valence-corrected chi connectivity index (χ3v) is 3.10. The summed E-state index contributed by atoms with van der Waals surface area (Å²) in [6.07, 6.45) is 0.215. The van der Waals surface area contributed by atoms with E-state index in [1.54, 1.807) is 20.8 Å². The summed E-state index contributed by atoms with van der Waals surface area (Å²) < 4.78 is 5.14. The van der Waals surface area contributed by atoms with Crippen molar-refractivity contribution in [2.45, 2.75) is 60.1 Å². The van der Waals surface area contributed by atoms with Gasteiger partial charge in [-0.25, -0.2) is 4.79 Å². The highest BCUT2D eigenvalue weighted by Crippen LogP contribution is 2.29. The molecule has 1 unspecified atom stereocenters. The lowest BCUT2D eigenvalue weighted by molar-refractivity contribution is -0.112. The van der Waals surface area contributed by atoms with Gasteiger partial charge in [-0.15, -0.1) is 0 Å². The van der Waals surface area contributed by atoms with Crippen LogP contribution in [0.5, 0.6) is 0 Å². The molecule has 0 saturated heterocycles. The Morgan fingerprint density at radius 3 is 1.94 bits per heavy atom. The van der Waals surface area contributed by atoms with Gasteiger partial charge in [0.1, 0.15) is 11.9 Å². The summed E-state index contributed by atoms with van der Waals surface area (Å²) in [5, 5.41) is 2.62. The molecule has 4 nitrogen and oxygen atoms in total. The Balaban J connectivity index is 4.63. The van der Waals surface area contributed by atoms with Gasteiger partial charge in [0.25, 0.3) is 0 Å². The summed E-state index contributed by atoms with van der Waals surface area (Å²) in [5.41, 5.74) is -0.863. The standard InChI is InChI=1S/C13H25NO3/c1-9(2)13(6,7)10(8-15)14-11(16)17-12(3,4)5/h8-10H,1-7H3,(H,14,16). The van der Waals surface area contributed by atoms with Crippen molar-refractivity contribution < 1.29 is 14.3 Å². The molecule has 0 aromatic heterocycles. The minimum atomic E-state index is -0.556. The van der Waals surface area contributed by atoms with Gasteiger partial charge in [0.05, 0.1) is 6.04 Å². The van der Waals surface area contributed by atoms with Crippen molar-refractivity contribution >= 4 is 12.4 Å². The molecule has 17 heavy (non-hydrogen) atoms.